The average molecular weight is 372 g/mol. The van der Waals surface area contributed by atoms with Crippen LogP contribution >= 0.6 is 22.6 Å². The third-order valence-electron chi connectivity index (χ3n) is 2.69. The Morgan fingerprint density at radius 1 is 1.56 bits per heavy atom. The van der Waals surface area contributed by atoms with Gasteiger partial charge >= 0.3 is 5.69 Å². The van der Waals surface area contributed by atoms with Crippen molar-refractivity contribution in [3.05, 3.63) is 30.6 Å². The van der Waals surface area contributed by atoms with Crippen LogP contribution in [0.4, 0.5) is 4.39 Å². The van der Waals surface area contributed by atoms with E-state index in [1.807, 2.05) is 0 Å². The highest BCUT2D eigenvalue weighted by molar-refractivity contribution is 14.1. The van der Waals surface area contributed by atoms with Crippen molar-refractivity contribution in [2.45, 2.75) is 24.6 Å². The van der Waals surface area contributed by atoms with E-state index in [1.165, 1.54) is 6.20 Å². The molecule has 2 rings (SSSR count). The number of alkyl halides is 1. The number of aromatic amines is 1. The lowest BCUT2D eigenvalue weighted by molar-refractivity contribution is -0.0504. The first-order valence-electron chi connectivity index (χ1n) is 5.05. The minimum atomic E-state index is -1.96. The molecule has 0 radical (unpaired) electrons. The molecular weight excluding hydrogens is 362 g/mol. The van der Waals surface area contributed by atoms with Gasteiger partial charge in [0.15, 0.2) is 12.4 Å². The van der Waals surface area contributed by atoms with Crippen molar-refractivity contribution < 1.29 is 19.3 Å². The van der Waals surface area contributed by atoms with Gasteiger partial charge in [0.05, 0.1) is 10.2 Å². The molecule has 0 spiro atoms. The van der Waals surface area contributed by atoms with Gasteiger partial charge < -0.3 is 19.9 Å². The molecule has 1 aliphatic rings. The molecule has 18 heavy (non-hydrogen) atoms. The number of aliphatic hydroxyl groups excluding tert-OH is 2. The van der Waals surface area contributed by atoms with Crippen LogP contribution in [0.15, 0.2) is 15.8 Å². The Kier molecular flexibility index (Phi) is 3.84. The Bertz CT molecular complexity index is 559. The topological polar surface area (TPSA) is 105 Å². The molecule has 7 nitrogen and oxygen atoms in total. The van der Waals surface area contributed by atoms with Gasteiger partial charge in [-0.05, 0) is 22.6 Å². The molecule has 0 bridgehead atoms. The normalized spacial score (nSPS) is 31.8. The number of rotatable bonds is 2. The predicted molar refractivity (Wildman–Crippen MR) is 65.9 cm³/mol. The zero-order valence-corrected chi connectivity index (χ0v) is 11.1. The summed E-state index contributed by atoms with van der Waals surface area (Å²) < 4.78 is 19.5. The minimum absolute atomic E-state index is 0.185. The molecule has 0 aliphatic carbocycles. The summed E-state index contributed by atoms with van der Waals surface area (Å²) in [6.07, 6.45) is -5.04. The summed E-state index contributed by atoms with van der Waals surface area (Å²) in [6, 6.07) is 0. The number of nitrogens with zero attached hydrogens (tertiary/aromatic N) is 1. The second-order valence-corrected chi connectivity index (χ2v) is 4.96. The molecule has 4 atom stereocenters. The van der Waals surface area contributed by atoms with Gasteiger partial charge in [-0.2, -0.15) is 0 Å². The summed E-state index contributed by atoms with van der Waals surface area (Å²) >= 11 is 1.69. The first-order chi connectivity index (χ1) is 8.47. The Balaban J connectivity index is 2.48. The largest absolute Gasteiger partial charge is 0.394 e. The molecule has 1 saturated heterocycles. The average Bonchev–Trinajstić information content (AvgIpc) is 2.62. The van der Waals surface area contributed by atoms with Gasteiger partial charge in [-0.15, -0.1) is 0 Å². The van der Waals surface area contributed by atoms with E-state index in [9.17, 15) is 19.1 Å². The molecule has 0 amide bonds. The standard InChI is InChI=1S/C9H10FIN2O5/c10-5-6(15)4(2-14)18-8(5)13-7(16)3(11)1-12-9(13)17/h1,4-6,8,14-15H,2H2,(H,12,17)/t4-,5+,6-,8-/m1/s1. The third kappa shape index (κ3) is 2.11. The van der Waals surface area contributed by atoms with E-state index in [0.29, 0.717) is 4.57 Å². The number of nitrogens with one attached hydrogen (secondary N) is 1. The van der Waals surface area contributed by atoms with Crippen LogP contribution in [0.25, 0.3) is 0 Å². The third-order valence-corrected chi connectivity index (χ3v) is 3.47. The van der Waals surface area contributed by atoms with Crippen molar-refractivity contribution in [2.75, 3.05) is 6.61 Å². The molecule has 2 heterocycles. The van der Waals surface area contributed by atoms with Crippen molar-refractivity contribution in [2.24, 2.45) is 0 Å². The van der Waals surface area contributed by atoms with Crippen LogP contribution in [0, 0.1) is 3.57 Å². The number of aromatic nitrogens is 2. The van der Waals surface area contributed by atoms with E-state index in [2.05, 4.69) is 4.98 Å². The molecule has 1 fully saturated rings. The van der Waals surface area contributed by atoms with Crippen LogP contribution in [-0.2, 0) is 4.74 Å². The van der Waals surface area contributed by atoms with E-state index >= 15 is 0 Å². The quantitative estimate of drug-likeness (QED) is 0.562. The van der Waals surface area contributed by atoms with Crippen LogP contribution < -0.4 is 11.2 Å². The molecule has 0 saturated carbocycles. The number of ether oxygens (including phenoxy) is 1. The monoisotopic (exact) mass is 372 g/mol. The van der Waals surface area contributed by atoms with Gasteiger partial charge in [0.2, 0.25) is 0 Å². The molecule has 1 aromatic rings. The van der Waals surface area contributed by atoms with Crippen molar-refractivity contribution in [1.29, 1.82) is 0 Å². The Morgan fingerprint density at radius 3 is 2.78 bits per heavy atom. The number of aliphatic hydroxyl groups is 2. The lowest BCUT2D eigenvalue weighted by Crippen LogP contribution is -2.42. The first kappa shape index (κ1) is 13.6. The number of hydrogen-bond donors (Lipinski definition) is 3. The summed E-state index contributed by atoms with van der Waals surface area (Å²) in [4.78, 5) is 25.6. The summed E-state index contributed by atoms with van der Waals surface area (Å²) in [7, 11) is 0. The fourth-order valence-corrected chi connectivity index (χ4v) is 2.17. The lowest BCUT2D eigenvalue weighted by Gasteiger charge is -2.14. The molecule has 0 aromatic carbocycles. The minimum Gasteiger partial charge on any atom is -0.394 e. The molecule has 1 aliphatic heterocycles. The highest BCUT2D eigenvalue weighted by atomic mass is 127. The Hall–Kier alpha value is -0.780. The van der Waals surface area contributed by atoms with Crippen molar-refractivity contribution in [3.8, 4) is 0 Å². The maximum Gasteiger partial charge on any atom is 0.330 e. The highest BCUT2D eigenvalue weighted by Crippen LogP contribution is 2.29. The molecule has 1 aromatic heterocycles. The van der Waals surface area contributed by atoms with Gasteiger partial charge in [0.25, 0.3) is 5.56 Å². The predicted octanol–water partition coefficient (Wildman–Crippen LogP) is -1.27. The zero-order valence-electron chi connectivity index (χ0n) is 8.92. The maximum absolute atomic E-state index is 13.8. The van der Waals surface area contributed by atoms with E-state index in [1.54, 1.807) is 22.6 Å². The highest BCUT2D eigenvalue weighted by Gasteiger charge is 2.46. The fourth-order valence-electron chi connectivity index (χ4n) is 1.76. The van der Waals surface area contributed by atoms with Gasteiger partial charge in [0.1, 0.15) is 12.2 Å². The van der Waals surface area contributed by atoms with Crippen LogP contribution in [0.5, 0.6) is 0 Å². The van der Waals surface area contributed by atoms with E-state index in [0.717, 1.165) is 0 Å². The van der Waals surface area contributed by atoms with E-state index in [4.69, 9.17) is 9.84 Å². The number of H-pyrrole nitrogens is 1. The molecule has 9 heteroatoms. The molecule has 0 unspecified atom stereocenters. The van der Waals surface area contributed by atoms with Gasteiger partial charge in [-0.25, -0.2) is 13.8 Å². The van der Waals surface area contributed by atoms with Crippen LogP contribution in [0.3, 0.4) is 0 Å². The van der Waals surface area contributed by atoms with Gasteiger partial charge in [-0.3, -0.25) is 4.79 Å². The number of hydrogen-bond acceptors (Lipinski definition) is 5. The summed E-state index contributed by atoms with van der Waals surface area (Å²) in [5.74, 6) is 0. The van der Waals surface area contributed by atoms with Crippen LogP contribution in [-0.4, -0.2) is 44.8 Å². The number of halogens is 2. The maximum atomic E-state index is 13.8. The van der Waals surface area contributed by atoms with Crippen molar-refractivity contribution >= 4 is 22.6 Å². The van der Waals surface area contributed by atoms with Crippen molar-refractivity contribution in [1.82, 2.24) is 9.55 Å². The molecule has 100 valence electrons. The Morgan fingerprint density at radius 2 is 2.22 bits per heavy atom. The summed E-state index contributed by atoms with van der Waals surface area (Å²) in [6.45, 7) is -0.603. The second-order valence-electron chi connectivity index (χ2n) is 3.80. The fraction of sp³-hybridized carbons (Fsp3) is 0.556. The van der Waals surface area contributed by atoms with Crippen LogP contribution in [0.1, 0.15) is 6.23 Å². The van der Waals surface area contributed by atoms with Crippen LogP contribution in [0.2, 0.25) is 0 Å². The summed E-state index contributed by atoms with van der Waals surface area (Å²) in [5.41, 5.74) is -1.54. The Labute approximate surface area is 113 Å². The zero-order chi connectivity index (χ0) is 13.4. The second kappa shape index (κ2) is 5.07. The molecule has 3 N–H and O–H groups in total. The van der Waals surface area contributed by atoms with Crippen molar-refractivity contribution in [3.63, 3.8) is 0 Å². The molecular formula is C9H10FIN2O5. The van der Waals surface area contributed by atoms with E-state index in [-0.39, 0.29) is 3.57 Å². The first-order valence-corrected chi connectivity index (χ1v) is 6.13. The smallest absolute Gasteiger partial charge is 0.330 e. The summed E-state index contributed by atoms with van der Waals surface area (Å²) in [5, 5.41) is 18.3. The SMILES string of the molecule is O=c1[nH]cc(I)c(=O)n1[C@@H]1O[C@H](CO)[C@@H](O)[C@@H]1F. The lowest BCUT2D eigenvalue weighted by atomic mass is 10.1. The van der Waals surface area contributed by atoms with Gasteiger partial charge in [0, 0.05) is 6.20 Å². The van der Waals surface area contributed by atoms with E-state index < -0.39 is 42.5 Å². The van der Waals surface area contributed by atoms with Gasteiger partial charge in [-0.1, -0.05) is 0 Å².